The van der Waals surface area contributed by atoms with Crippen LogP contribution in [-0.2, 0) is 9.59 Å². The molecule has 1 rings (SSSR count). The van der Waals surface area contributed by atoms with E-state index >= 15 is 0 Å². The first-order valence-electron chi connectivity index (χ1n) is 7.19. The molecule has 0 aromatic heterocycles. The minimum absolute atomic E-state index is 0.0272. The van der Waals surface area contributed by atoms with Crippen molar-refractivity contribution in [3.8, 4) is 0 Å². The van der Waals surface area contributed by atoms with Crippen molar-refractivity contribution in [2.45, 2.75) is 52.6 Å². The monoisotopic (exact) mass is 292 g/mol. The lowest BCUT2D eigenvalue weighted by molar-refractivity contribution is -0.131. The first-order chi connectivity index (χ1) is 9.62. The average Bonchev–Trinajstić information content (AvgIpc) is 2.32. The Hall–Kier alpha value is -1.68. The number of allylic oxidation sites excluding steroid dienone is 3. The Labute approximate surface area is 125 Å². The number of carboxylic acids is 1. The fraction of sp³-hybridized carbons (Fsp3) is 0.529. The number of ketones is 1. The summed E-state index contributed by atoms with van der Waals surface area (Å²) in [6.07, 6.45) is 7.58. The third-order valence-electron chi connectivity index (χ3n) is 3.93. The zero-order valence-electron chi connectivity index (χ0n) is 13.1. The van der Waals surface area contributed by atoms with Gasteiger partial charge in [-0.3, -0.25) is 4.79 Å². The number of aliphatic hydroxyl groups is 1. The molecular formula is C17H24O4. The normalized spacial score (nSPS) is 26.0. The summed E-state index contributed by atoms with van der Waals surface area (Å²) in [6.45, 7) is 7.37. The third kappa shape index (κ3) is 3.91. The zero-order chi connectivity index (χ0) is 16.3. The molecule has 0 saturated carbocycles. The summed E-state index contributed by atoms with van der Waals surface area (Å²) >= 11 is 0. The quantitative estimate of drug-likeness (QED) is 0.603. The maximum Gasteiger partial charge on any atom is 0.328 e. The highest BCUT2D eigenvalue weighted by Crippen LogP contribution is 2.45. The van der Waals surface area contributed by atoms with E-state index in [9.17, 15) is 14.7 Å². The molecule has 0 bridgehead atoms. The van der Waals surface area contributed by atoms with Crippen LogP contribution in [0.3, 0.4) is 0 Å². The molecule has 2 N–H and O–H groups in total. The number of aliphatic carboxylic acids is 1. The number of rotatable bonds is 5. The smallest absolute Gasteiger partial charge is 0.328 e. The Bertz CT molecular complexity index is 523. The van der Waals surface area contributed by atoms with Crippen LogP contribution in [-0.4, -0.2) is 27.6 Å². The third-order valence-corrected chi connectivity index (χ3v) is 3.93. The first kappa shape index (κ1) is 17.4. The van der Waals surface area contributed by atoms with Crippen molar-refractivity contribution >= 4 is 11.8 Å². The second-order valence-electron chi connectivity index (χ2n) is 6.27. The molecule has 0 radical (unpaired) electrons. The number of carbonyl (C=O) groups excluding carboxylic acids is 1. The van der Waals surface area contributed by atoms with Gasteiger partial charge in [-0.25, -0.2) is 4.79 Å². The Morgan fingerprint density at radius 1 is 1.43 bits per heavy atom. The fourth-order valence-electron chi connectivity index (χ4n) is 2.72. The van der Waals surface area contributed by atoms with Gasteiger partial charge in [0.2, 0.25) is 0 Å². The van der Waals surface area contributed by atoms with E-state index in [1.54, 1.807) is 19.1 Å². The Balaban J connectivity index is 3.23. The van der Waals surface area contributed by atoms with Crippen LogP contribution >= 0.6 is 0 Å². The van der Waals surface area contributed by atoms with E-state index < -0.39 is 17.0 Å². The molecule has 4 nitrogen and oxygen atoms in total. The van der Waals surface area contributed by atoms with Gasteiger partial charge in [0.25, 0.3) is 0 Å². The lowest BCUT2D eigenvalue weighted by Gasteiger charge is -2.45. The number of hydrogen-bond acceptors (Lipinski definition) is 3. The molecule has 0 aromatic carbocycles. The highest BCUT2D eigenvalue weighted by Gasteiger charge is 2.47. The summed E-state index contributed by atoms with van der Waals surface area (Å²) in [4.78, 5) is 22.5. The minimum atomic E-state index is -1.23. The van der Waals surface area contributed by atoms with E-state index in [1.165, 1.54) is 6.08 Å². The fourth-order valence-corrected chi connectivity index (χ4v) is 2.72. The van der Waals surface area contributed by atoms with Crippen molar-refractivity contribution in [1.29, 1.82) is 0 Å². The number of carbonyl (C=O) groups is 2. The van der Waals surface area contributed by atoms with Crippen LogP contribution in [0.5, 0.6) is 0 Å². The molecule has 1 aliphatic rings. The molecule has 0 aliphatic heterocycles. The summed E-state index contributed by atoms with van der Waals surface area (Å²) in [5, 5.41) is 19.8. The van der Waals surface area contributed by atoms with Crippen molar-refractivity contribution in [2.24, 2.45) is 5.41 Å². The standard InChI is InChI=1S/C17H24O4/c1-5-6-13-10-14(18)11-16(3,4)17(13,21)8-7-12(2)9-15(19)20/h7-10,21H,5-6,11H2,1-4H3,(H,19,20)/b8-7+,12-9-/t17-/m0/s1. The van der Waals surface area contributed by atoms with E-state index in [0.717, 1.165) is 12.5 Å². The lowest BCUT2D eigenvalue weighted by Crippen LogP contribution is -2.48. The number of carboxylic acid groups (broad SMARTS) is 1. The predicted octanol–water partition coefficient (Wildman–Crippen LogP) is 3.03. The Morgan fingerprint density at radius 2 is 2.05 bits per heavy atom. The zero-order valence-corrected chi connectivity index (χ0v) is 13.1. The van der Waals surface area contributed by atoms with Gasteiger partial charge in [-0.2, -0.15) is 0 Å². The highest BCUT2D eigenvalue weighted by molar-refractivity contribution is 5.93. The van der Waals surface area contributed by atoms with Gasteiger partial charge in [-0.15, -0.1) is 0 Å². The van der Waals surface area contributed by atoms with Gasteiger partial charge in [0, 0.05) is 17.9 Å². The van der Waals surface area contributed by atoms with E-state index in [2.05, 4.69) is 0 Å². The van der Waals surface area contributed by atoms with E-state index in [4.69, 9.17) is 5.11 Å². The maximum atomic E-state index is 11.8. The topological polar surface area (TPSA) is 74.6 Å². The van der Waals surface area contributed by atoms with Crippen LogP contribution in [0.25, 0.3) is 0 Å². The molecule has 0 heterocycles. The highest BCUT2D eigenvalue weighted by atomic mass is 16.4. The van der Waals surface area contributed by atoms with Gasteiger partial charge >= 0.3 is 5.97 Å². The summed E-state index contributed by atoms with van der Waals surface area (Å²) in [5.41, 5.74) is -0.612. The Kier molecular flexibility index (Phi) is 5.29. The number of hydrogen-bond donors (Lipinski definition) is 2. The van der Waals surface area contributed by atoms with Crippen LogP contribution < -0.4 is 0 Å². The molecular weight excluding hydrogens is 268 g/mol. The van der Waals surface area contributed by atoms with Gasteiger partial charge in [-0.1, -0.05) is 33.3 Å². The van der Waals surface area contributed by atoms with Crippen LogP contribution in [0.4, 0.5) is 0 Å². The molecule has 4 heteroatoms. The molecule has 1 atom stereocenters. The van der Waals surface area contributed by atoms with Crippen molar-refractivity contribution in [3.05, 3.63) is 35.5 Å². The van der Waals surface area contributed by atoms with Crippen LogP contribution in [0.2, 0.25) is 0 Å². The summed E-state index contributed by atoms with van der Waals surface area (Å²) in [7, 11) is 0. The molecule has 0 aromatic rings. The molecule has 0 unspecified atom stereocenters. The molecule has 1 aliphatic carbocycles. The molecule has 0 amide bonds. The SMILES string of the molecule is CCCC1=CC(=O)CC(C)(C)[C@]1(O)/C=C/C(C)=C\C(=O)O. The predicted molar refractivity (Wildman–Crippen MR) is 81.9 cm³/mol. The summed E-state index contributed by atoms with van der Waals surface area (Å²) in [5.74, 6) is -0.995. The van der Waals surface area contributed by atoms with Gasteiger partial charge in [0.15, 0.2) is 5.78 Å². The van der Waals surface area contributed by atoms with E-state index in [-0.39, 0.29) is 12.2 Å². The van der Waals surface area contributed by atoms with E-state index in [0.29, 0.717) is 17.6 Å². The van der Waals surface area contributed by atoms with Crippen molar-refractivity contribution in [1.82, 2.24) is 0 Å². The van der Waals surface area contributed by atoms with Gasteiger partial charge in [-0.05, 0) is 36.6 Å². The summed E-state index contributed by atoms with van der Waals surface area (Å²) in [6, 6.07) is 0. The van der Waals surface area contributed by atoms with Gasteiger partial charge in [0.1, 0.15) is 5.60 Å². The molecule has 0 spiro atoms. The van der Waals surface area contributed by atoms with Crippen LogP contribution in [0.15, 0.2) is 35.5 Å². The largest absolute Gasteiger partial charge is 0.478 e. The van der Waals surface area contributed by atoms with Crippen LogP contribution in [0.1, 0.15) is 47.0 Å². The first-order valence-corrected chi connectivity index (χ1v) is 7.19. The molecule has 0 fully saturated rings. The van der Waals surface area contributed by atoms with Crippen molar-refractivity contribution in [2.75, 3.05) is 0 Å². The average molecular weight is 292 g/mol. The van der Waals surface area contributed by atoms with Crippen molar-refractivity contribution in [3.63, 3.8) is 0 Å². The second-order valence-corrected chi connectivity index (χ2v) is 6.27. The Morgan fingerprint density at radius 3 is 2.57 bits per heavy atom. The molecule has 116 valence electrons. The minimum Gasteiger partial charge on any atom is -0.478 e. The van der Waals surface area contributed by atoms with Gasteiger partial charge in [0.05, 0.1) is 0 Å². The maximum absolute atomic E-state index is 11.8. The lowest BCUT2D eigenvalue weighted by atomic mass is 9.63. The molecule has 21 heavy (non-hydrogen) atoms. The second kappa shape index (κ2) is 6.39. The van der Waals surface area contributed by atoms with Crippen molar-refractivity contribution < 1.29 is 19.8 Å². The van der Waals surface area contributed by atoms with Crippen LogP contribution in [0, 0.1) is 5.41 Å². The van der Waals surface area contributed by atoms with Gasteiger partial charge < -0.3 is 10.2 Å². The summed E-state index contributed by atoms with van der Waals surface area (Å²) < 4.78 is 0. The molecule has 0 saturated heterocycles. The van der Waals surface area contributed by atoms with E-state index in [1.807, 2.05) is 20.8 Å².